The van der Waals surface area contributed by atoms with Crippen LogP contribution in [0.15, 0.2) is 23.0 Å². The van der Waals surface area contributed by atoms with Crippen LogP contribution in [0.25, 0.3) is 11.0 Å². The predicted octanol–water partition coefficient (Wildman–Crippen LogP) is 1.04. The number of hydrogen-bond acceptors (Lipinski definition) is 3. The number of benzene rings is 1. The molecule has 0 aliphatic carbocycles. The first kappa shape index (κ1) is 11.6. The molecule has 0 unspecified atom stereocenters. The van der Waals surface area contributed by atoms with Crippen molar-refractivity contribution in [1.29, 1.82) is 0 Å². The van der Waals surface area contributed by atoms with Gasteiger partial charge in [0.25, 0.3) is 0 Å². The van der Waals surface area contributed by atoms with Gasteiger partial charge < -0.3 is 15.3 Å². The summed E-state index contributed by atoms with van der Waals surface area (Å²) >= 11 is 0. The molecule has 0 aliphatic rings. The fourth-order valence-corrected chi connectivity index (χ4v) is 1.78. The van der Waals surface area contributed by atoms with Gasteiger partial charge >= 0.3 is 5.69 Å². The average molecular weight is 233 g/mol. The van der Waals surface area contributed by atoms with Crippen molar-refractivity contribution in [2.75, 3.05) is 13.6 Å². The van der Waals surface area contributed by atoms with E-state index in [1.54, 1.807) is 18.2 Å². The van der Waals surface area contributed by atoms with Gasteiger partial charge in [-0.15, -0.1) is 0 Å². The minimum atomic E-state index is -0.250. The lowest BCUT2D eigenvalue weighted by molar-refractivity contribution is 0.0980. The molecule has 1 aromatic heterocycles. The molecule has 0 saturated heterocycles. The Bertz CT molecular complexity index is 583. The SMILES string of the molecule is CNCCCC(=O)c1ccc2[nH]c(=O)[nH]c2c1. The van der Waals surface area contributed by atoms with Gasteiger partial charge in [0.2, 0.25) is 0 Å². The molecule has 5 heteroatoms. The lowest BCUT2D eigenvalue weighted by atomic mass is 10.1. The highest BCUT2D eigenvalue weighted by Crippen LogP contribution is 2.12. The Kier molecular flexibility index (Phi) is 3.39. The van der Waals surface area contributed by atoms with Gasteiger partial charge in [0.1, 0.15) is 0 Å². The number of H-pyrrole nitrogens is 2. The van der Waals surface area contributed by atoms with Gasteiger partial charge in [-0.1, -0.05) is 0 Å². The number of aromatic nitrogens is 2. The lowest BCUT2D eigenvalue weighted by Gasteiger charge is -2.01. The van der Waals surface area contributed by atoms with Gasteiger partial charge in [0.15, 0.2) is 5.78 Å². The third-order valence-electron chi connectivity index (χ3n) is 2.67. The molecule has 17 heavy (non-hydrogen) atoms. The Morgan fingerprint density at radius 2 is 2.06 bits per heavy atom. The van der Waals surface area contributed by atoms with E-state index in [0.717, 1.165) is 18.5 Å². The lowest BCUT2D eigenvalue weighted by Crippen LogP contribution is -2.10. The number of aromatic amines is 2. The fourth-order valence-electron chi connectivity index (χ4n) is 1.78. The number of fused-ring (bicyclic) bond motifs is 1. The topological polar surface area (TPSA) is 77.8 Å². The average Bonchev–Trinajstić information content (AvgIpc) is 2.68. The Hall–Kier alpha value is -1.88. The normalized spacial score (nSPS) is 10.9. The van der Waals surface area contributed by atoms with Gasteiger partial charge in [0.05, 0.1) is 11.0 Å². The van der Waals surface area contributed by atoms with Gasteiger partial charge in [-0.25, -0.2) is 4.79 Å². The summed E-state index contributed by atoms with van der Waals surface area (Å²) in [5.41, 5.74) is 1.79. The smallest absolute Gasteiger partial charge is 0.320 e. The van der Waals surface area contributed by atoms with Gasteiger partial charge in [0, 0.05) is 12.0 Å². The maximum atomic E-state index is 11.8. The first-order valence-electron chi connectivity index (χ1n) is 5.60. The van der Waals surface area contributed by atoms with Crippen molar-refractivity contribution in [1.82, 2.24) is 15.3 Å². The highest BCUT2D eigenvalue weighted by molar-refractivity contribution is 5.98. The monoisotopic (exact) mass is 233 g/mol. The van der Waals surface area contributed by atoms with E-state index in [9.17, 15) is 9.59 Å². The number of hydrogen-bond donors (Lipinski definition) is 3. The van der Waals surface area contributed by atoms with E-state index in [1.165, 1.54) is 0 Å². The van der Waals surface area contributed by atoms with Crippen LogP contribution >= 0.6 is 0 Å². The first-order valence-corrected chi connectivity index (χ1v) is 5.60. The van der Waals surface area contributed by atoms with E-state index >= 15 is 0 Å². The van der Waals surface area contributed by atoms with Crippen LogP contribution in [0.1, 0.15) is 23.2 Å². The third-order valence-corrected chi connectivity index (χ3v) is 2.67. The number of carbonyl (C=O) groups is 1. The van der Waals surface area contributed by atoms with Crippen molar-refractivity contribution in [2.45, 2.75) is 12.8 Å². The van der Waals surface area contributed by atoms with Crippen LogP contribution in [0.4, 0.5) is 0 Å². The van der Waals surface area contributed by atoms with Crippen molar-refractivity contribution in [2.24, 2.45) is 0 Å². The predicted molar refractivity (Wildman–Crippen MR) is 66.4 cm³/mol. The fraction of sp³-hybridized carbons (Fsp3) is 0.333. The summed E-state index contributed by atoms with van der Waals surface area (Å²) < 4.78 is 0. The molecule has 0 amide bonds. The maximum Gasteiger partial charge on any atom is 0.323 e. The number of ketones is 1. The van der Waals surface area contributed by atoms with Crippen LogP contribution in [0, 0.1) is 0 Å². The summed E-state index contributed by atoms with van der Waals surface area (Å²) in [5, 5.41) is 3.00. The molecule has 1 aromatic carbocycles. The number of nitrogens with one attached hydrogen (secondary N) is 3. The molecular formula is C12H15N3O2. The molecule has 0 atom stereocenters. The van der Waals surface area contributed by atoms with Crippen LogP contribution in [-0.2, 0) is 0 Å². The number of rotatable bonds is 5. The van der Waals surface area contributed by atoms with E-state index < -0.39 is 0 Å². The van der Waals surface area contributed by atoms with E-state index in [-0.39, 0.29) is 11.5 Å². The Morgan fingerprint density at radius 3 is 2.82 bits per heavy atom. The van der Waals surface area contributed by atoms with Crippen LogP contribution in [-0.4, -0.2) is 29.3 Å². The van der Waals surface area contributed by atoms with Crippen molar-refractivity contribution >= 4 is 16.8 Å². The maximum absolute atomic E-state index is 11.8. The van der Waals surface area contributed by atoms with Gasteiger partial charge in [-0.05, 0) is 38.2 Å². The minimum absolute atomic E-state index is 0.101. The molecule has 0 bridgehead atoms. The highest BCUT2D eigenvalue weighted by Gasteiger charge is 2.07. The standard InChI is InChI=1S/C12H15N3O2/c1-13-6-2-3-11(16)8-4-5-9-10(7-8)15-12(17)14-9/h4-5,7,13H,2-3,6H2,1H3,(H2,14,15,17). The van der Waals surface area contributed by atoms with E-state index in [4.69, 9.17) is 0 Å². The first-order chi connectivity index (χ1) is 8.20. The highest BCUT2D eigenvalue weighted by atomic mass is 16.1. The van der Waals surface area contributed by atoms with Crippen LogP contribution in [0.2, 0.25) is 0 Å². The largest absolute Gasteiger partial charge is 0.323 e. The van der Waals surface area contributed by atoms with Crippen molar-refractivity contribution in [3.63, 3.8) is 0 Å². The molecule has 0 radical (unpaired) electrons. The molecule has 2 aromatic rings. The summed E-state index contributed by atoms with van der Waals surface area (Å²) in [7, 11) is 1.86. The second-order valence-electron chi connectivity index (χ2n) is 3.97. The summed E-state index contributed by atoms with van der Waals surface area (Å²) in [6.07, 6.45) is 1.33. The quantitative estimate of drug-likeness (QED) is 0.533. The summed E-state index contributed by atoms with van der Waals surface area (Å²) in [5.74, 6) is 0.101. The van der Waals surface area contributed by atoms with E-state index in [2.05, 4.69) is 15.3 Å². The van der Waals surface area contributed by atoms with E-state index in [1.807, 2.05) is 7.05 Å². The number of Topliss-reactive ketones (excluding diaryl/α,β-unsaturated/α-hetero) is 1. The van der Waals surface area contributed by atoms with Gasteiger partial charge in [-0.3, -0.25) is 4.79 Å². The number of carbonyl (C=O) groups excluding carboxylic acids is 1. The molecule has 90 valence electrons. The molecule has 0 aliphatic heterocycles. The second-order valence-corrected chi connectivity index (χ2v) is 3.97. The Balaban J connectivity index is 2.17. The molecule has 0 fully saturated rings. The summed E-state index contributed by atoms with van der Waals surface area (Å²) in [6.45, 7) is 0.828. The van der Waals surface area contributed by atoms with Crippen LogP contribution in [0.3, 0.4) is 0 Å². The number of imidazole rings is 1. The van der Waals surface area contributed by atoms with Crippen molar-refractivity contribution < 1.29 is 4.79 Å². The zero-order valence-corrected chi connectivity index (χ0v) is 9.67. The third kappa shape index (κ3) is 2.62. The summed E-state index contributed by atoms with van der Waals surface area (Å²) in [6, 6.07) is 5.21. The molecule has 3 N–H and O–H groups in total. The molecular weight excluding hydrogens is 218 g/mol. The Labute approximate surface area is 98.2 Å². The molecule has 5 nitrogen and oxygen atoms in total. The zero-order valence-electron chi connectivity index (χ0n) is 9.67. The molecule has 0 spiro atoms. The Morgan fingerprint density at radius 1 is 1.29 bits per heavy atom. The molecule has 0 saturated carbocycles. The molecule has 2 rings (SSSR count). The van der Waals surface area contributed by atoms with E-state index in [0.29, 0.717) is 17.5 Å². The van der Waals surface area contributed by atoms with Crippen LogP contribution in [0.5, 0.6) is 0 Å². The zero-order chi connectivity index (χ0) is 12.3. The summed E-state index contributed by atoms with van der Waals surface area (Å²) in [4.78, 5) is 28.2. The van der Waals surface area contributed by atoms with Gasteiger partial charge in [-0.2, -0.15) is 0 Å². The minimum Gasteiger partial charge on any atom is -0.320 e. The molecule has 1 heterocycles. The van der Waals surface area contributed by atoms with Crippen molar-refractivity contribution in [3.05, 3.63) is 34.2 Å². The van der Waals surface area contributed by atoms with Crippen molar-refractivity contribution in [3.8, 4) is 0 Å². The van der Waals surface area contributed by atoms with Crippen LogP contribution < -0.4 is 11.0 Å². The second kappa shape index (κ2) is 4.97.